The van der Waals surface area contributed by atoms with Crippen LogP contribution in [0.1, 0.15) is 12.2 Å². The highest BCUT2D eigenvalue weighted by molar-refractivity contribution is 5.41. The van der Waals surface area contributed by atoms with Gasteiger partial charge in [-0.25, -0.2) is 9.97 Å². The molecule has 0 amide bonds. The number of hydrogen-bond acceptors (Lipinski definition) is 5. The summed E-state index contributed by atoms with van der Waals surface area (Å²) in [6.07, 6.45) is 5.55. The molecule has 1 atom stereocenters. The van der Waals surface area contributed by atoms with Gasteiger partial charge in [0.15, 0.2) is 17.2 Å². The number of nitrogens with zero attached hydrogens (tertiary/aromatic N) is 2. The monoisotopic (exact) mass is 285 g/mol. The zero-order valence-electron chi connectivity index (χ0n) is 12.1. The highest BCUT2D eigenvalue weighted by Crippen LogP contribution is 2.30. The maximum absolute atomic E-state index is 5.76. The van der Waals surface area contributed by atoms with E-state index < -0.39 is 0 Å². The van der Waals surface area contributed by atoms with E-state index in [2.05, 4.69) is 15.3 Å². The molecule has 1 fully saturated rings. The van der Waals surface area contributed by atoms with Gasteiger partial charge in [-0.3, -0.25) is 0 Å². The van der Waals surface area contributed by atoms with Crippen LogP contribution in [0, 0.1) is 5.92 Å². The molecule has 21 heavy (non-hydrogen) atoms. The van der Waals surface area contributed by atoms with E-state index in [1.165, 1.54) is 6.42 Å². The number of methoxy groups -OCH3 is 1. The summed E-state index contributed by atoms with van der Waals surface area (Å²) in [5.74, 6) is 3.49. The van der Waals surface area contributed by atoms with Gasteiger partial charge in [0.1, 0.15) is 5.82 Å². The Labute approximate surface area is 124 Å². The number of hydrogen-bond donors (Lipinski definition) is 1. The highest BCUT2D eigenvalue weighted by Gasteiger charge is 2.16. The van der Waals surface area contributed by atoms with Crippen LogP contribution < -0.4 is 14.8 Å². The Kier molecular flexibility index (Phi) is 4.31. The van der Waals surface area contributed by atoms with Gasteiger partial charge in [-0.1, -0.05) is 12.1 Å². The van der Waals surface area contributed by atoms with Crippen LogP contribution in [0.4, 0.5) is 0 Å². The Bertz CT molecular complexity index is 580. The van der Waals surface area contributed by atoms with E-state index in [0.29, 0.717) is 23.2 Å². The van der Waals surface area contributed by atoms with Crippen molar-refractivity contribution in [3.8, 4) is 17.2 Å². The summed E-state index contributed by atoms with van der Waals surface area (Å²) < 4.78 is 11.0. The average Bonchev–Trinajstić information content (AvgIpc) is 3.03. The minimum Gasteiger partial charge on any atom is -0.493 e. The van der Waals surface area contributed by atoms with E-state index in [1.54, 1.807) is 19.5 Å². The van der Waals surface area contributed by atoms with E-state index in [1.807, 2.05) is 24.3 Å². The fraction of sp³-hybridized carbons (Fsp3) is 0.375. The Hall–Kier alpha value is -2.14. The first-order chi connectivity index (χ1) is 10.3. The minimum atomic E-state index is 0.618. The Balaban J connectivity index is 1.66. The summed E-state index contributed by atoms with van der Waals surface area (Å²) in [7, 11) is 1.62. The molecule has 0 spiro atoms. The van der Waals surface area contributed by atoms with Crippen LogP contribution in [0.5, 0.6) is 17.2 Å². The third-order valence-corrected chi connectivity index (χ3v) is 3.61. The molecule has 1 aromatic carbocycles. The predicted octanol–water partition coefficient (Wildman–Crippen LogP) is 2.43. The molecule has 0 aliphatic carbocycles. The number of ether oxygens (including phenoxy) is 2. The number of rotatable bonds is 5. The lowest BCUT2D eigenvalue weighted by Crippen LogP contribution is -2.12. The van der Waals surface area contributed by atoms with Crippen LogP contribution in [0.2, 0.25) is 0 Å². The molecule has 1 unspecified atom stereocenters. The third-order valence-electron chi connectivity index (χ3n) is 3.61. The summed E-state index contributed by atoms with van der Waals surface area (Å²) in [6.45, 7) is 2.16. The van der Waals surface area contributed by atoms with Crippen LogP contribution in [-0.4, -0.2) is 30.2 Å². The third kappa shape index (κ3) is 3.49. The quantitative estimate of drug-likeness (QED) is 0.914. The number of benzene rings is 1. The summed E-state index contributed by atoms with van der Waals surface area (Å²) in [4.78, 5) is 8.78. The van der Waals surface area contributed by atoms with Crippen molar-refractivity contribution >= 4 is 0 Å². The molecule has 0 saturated carbocycles. The van der Waals surface area contributed by atoms with Gasteiger partial charge >= 0.3 is 0 Å². The van der Waals surface area contributed by atoms with E-state index in [0.717, 1.165) is 25.3 Å². The fourth-order valence-corrected chi connectivity index (χ4v) is 2.48. The van der Waals surface area contributed by atoms with Crippen LogP contribution in [-0.2, 0) is 6.42 Å². The maximum Gasteiger partial charge on any atom is 0.169 e. The number of nitrogens with one attached hydrogen (secondary N) is 1. The second-order valence-electron chi connectivity index (χ2n) is 5.15. The maximum atomic E-state index is 5.76. The van der Waals surface area contributed by atoms with Crippen molar-refractivity contribution in [2.24, 2.45) is 5.92 Å². The standard InChI is InChI=1S/C16H19N3O2/c1-20-14-4-2-3-5-15(14)21-13-10-18-16(19-11-13)8-12-6-7-17-9-12/h2-5,10-12,17H,6-9H2,1H3. The van der Waals surface area contributed by atoms with Crippen molar-refractivity contribution < 1.29 is 9.47 Å². The van der Waals surface area contributed by atoms with Crippen LogP contribution >= 0.6 is 0 Å². The van der Waals surface area contributed by atoms with Gasteiger partial charge < -0.3 is 14.8 Å². The average molecular weight is 285 g/mol. The lowest BCUT2D eigenvalue weighted by atomic mass is 10.1. The molecule has 1 N–H and O–H groups in total. The molecule has 5 heteroatoms. The van der Waals surface area contributed by atoms with E-state index in [9.17, 15) is 0 Å². The first kappa shape index (κ1) is 13.8. The van der Waals surface area contributed by atoms with Crippen molar-refractivity contribution in [2.75, 3.05) is 20.2 Å². The molecular weight excluding hydrogens is 266 g/mol. The lowest BCUT2D eigenvalue weighted by molar-refractivity contribution is 0.377. The lowest BCUT2D eigenvalue weighted by Gasteiger charge is -2.10. The predicted molar refractivity (Wildman–Crippen MR) is 79.8 cm³/mol. The molecule has 3 rings (SSSR count). The van der Waals surface area contributed by atoms with E-state index >= 15 is 0 Å². The minimum absolute atomic E-state index is 0.618. The van der Waals surface area contributed by atoms with Gasteiger partial charge in [0.25, 0.3) is 0 Å². The molecular formula is C16H19N3O2. The molecule has 2 heterocycles. The topological polar surface area (TPSA) is 56.3 Å². The summed E-state index contributed by atoms with van der Waals surface area (Å²) >= 11 is 0. The summed E-state index contributed by atoms with van der Waals surface area (Å²) in [5, 5.41) is 3.36. The highest BCUT2D eigenvalue weighted by atomic mass is 16.5. The van der Waals surface area contributed by atoms with Crippen LogP contribution in [0.3, 0.4) is 0 Å². The molecule has 2 aromatic rings. The summed E-state index contributed by atoms with van der Waals surface area (Å²) in [6, 6.07) is 7.52. The molecule has 1 aliphatic rings. The van der Waals surface area contributed by atoms with Crippen molar-refractivity contribution in [2.45, 2.75) is 12.8 Å². The van der Waals surface area contributed by atoms with Gasteiger partial charge in [-0.15, -0.1) is 0 Å². The largest absolute Gasteiger partial charge is 0.493 e. The van der Waals surface area contributed by atoms with E-state index in [-0.39, 0.29) is 0 Å². The SMILES string of the molecule is COc1ccccc1Oc1cnc(CC2CCNC2)nc1. The molecule has 1 saturated heterocycles. The van der Waals surface area contributed by atoms with Crippen LogP contribution in [0.25, 0.3) is 0 Å². The van der Waals surface area contributed by atoms with Gasteiger partial charge in [0.2, 0.25) is 0 Å². The number of aromatic nitrogens is 2. The van der Waals surface area contributed by atoms with Crippen molar-refractivity contribution in [3.63, 3.8) is 0 Å². The summed E-state index contributed by atoms with van der Waals surface area (Å²) in [5.41, 5.74) is 0. The van der Waals surface area contributed by atoms with Gasteiger partial charge in [0, 0.05) is 6.42 Å². The Morgan fingerprint density at radius 1 is 1.19 bits per heavy atom. The first-order valence-corrected chi connectivity index (χ1v) is 7.17. The van der Waals surface area contributed by atoms with Gasteiger partial charge in [-0.05, 0) is 37.6 Å². The molecule has 0 radical (unpaired) electrons. The van der Waals surface area contributed by atoms with Crippen LogP contribution in [0.15, 0.2) is 36.7 Å². The molecule has 1 aliphatic heterocycles. The Morgan fingerprint density at radius 2 is 1.95 bits per heavy atom. The Morgan fingerprint density at radius 3 is 2.62 bits per heavy atom. The fourth-order valence-electron chi connectivity index (χ4n) is 2.48. The zero-order chi connectivity index (χ0) is 14.5. The van der Waals surface area contributed by atoms with E-state index in [4.69, 9.17) is 9.47 Å². The molecule has 110 valence electrons. The van der Waals surface area contributed by atoms with Crippen molar-refractivity contribution in [1.82, 2.24) is 15.3 Å². The molecule has 1 aromatic heterocycles. The first-order valence-electron chi connectivity index (χ1n) is 7.17. The molecule has 5 nitrogen and oxygen atoms in total. The van der Waals surface area contributed by atoms with Crippen molar-refractivity contribution in [3.05, 3.63) is 42.5 Å². The smallest absolute Gasteiger partial charge is 0.169 e. The second-order valence-corrected chi connectivity index (χ2v) is 5.15. The normalized spacial score (nSPS) is 17.7. The molecule has 0 bridgehead atoms. The van der Waals surface area contributed by atoms with Gasteiger partial charge in [-0.2, -0.15) is 0 Å². The zero-order valence-corrected chi connectivity index (χ0v) is 12.1. The second kappa shape index (κ2) is 6.54. The van der Waals surface area contributed by atoms with Gasteiger partial charge in [0.05, 0.1) is 19.5 Å². The van der Waals surface area contributed by atoms with Crippen molar-refractivity contribution in [1.29, 1.82) is 0 Å². The number of para-hydroxylation sites is 2.